The van der Waals surface area contributed by atoms with Crippen LogP contribution in [0.4, 0.5) is 0 Å². The summed E-state index contributed by atoms with van der Waals surface area (Å²) >= 11 is 0. The van der Waals surface area contributed by atoms with Crippen LogP contribution in [0.3, 0.4) is 0 Å². The molecule has 0 radical (unpaired) electrons. The van der Waals surface area contributed by atoms with Crippen molar-refractivity contribution in [2.24, 2.45) is 23.5 Å². The van der Waals surface area contributed by atoms with Gasteiger partial charge in [-0.15, -0.1) is 0 Å². The van der Waals surface area contributed by atoms with Crippen LogP contribution >= 0.6 is 0 Å². The summed E-state index contributed by atoms with van der Waals surface area (Å²) in [5, 5.41) is 12.1. The first-order chi connectivity index (χ1) is 9.11. The monoisotopic (exact) mass is 268 g/mol. The van der Waals surface area contributed by atoms with Crippen molar-refractivity contribution in [1.29, 1.82) is 0 Å². The number of hydrogen-bond donors (Lipinski definition) is 3. The molecule has 0 aromatic rings. The first kappa shape index (κ1) is 14.3. The Bertz CT molecular complexity index is 346. The Balaban J connectivity index is 1.86. The minimum Gasteiger partial charge on any atom is -0.481 e. The van der Waals surface area contributed by atoms with E-state index in [4.69, 9.17) is 10.8 Å². The minimum absolute atomic E-state index is 0.0291. The summed E-state index contributed by atoms with van der Waals surface area (Å²) in [6, 6.07) is 0.0291. The summed E-state index contributed by atoms with van der Waals surface area (Å²) in [7, 11) is 0. The fourth-order valence-corrected chi connectivity index (χ4v) is 3.52. The number of aliphatic carboxylic acids is 1. The van der Waals surface area contributed by atoms with E-state index in [1.165, 1.54) is 0 Å². The highest BCUT2D eigenvalue weighted by atomic mass is 16.4. The number of amides is 1. The second-order valence-corrected chi connectivity index (χ2v) is 5.94. The molecule has 2 aliphatic carbocycles. The quantitative estimate of drug-likeness (QED) is 0.712. The van der Waals surface area contributed by atoms with Gasteiger partial charge >= 0.3 is 5.97 Å². The van der Waals surface area contributed by atoms with Crippen LogP contribution < -0.4 is 11.1 Å². The topological polar surface area (TPSA) is 92.4 Å². The highest BCUT2D eigenvalue weighted by molar-refractivity contribution is 5.79. The summed E-state index contributed by atoms with van der Waals surface area (Å²) < 4.78 is 0. The van der Waals surface area contributed by atoms with Crippen molar-refractivity contribution in [2.75, 3.05) is 6.54 Å². The molecule has 19 heavy (non-hydrogen) atoms. The molecule has 2 rings (SSSR count). The van der Waals surface area contributed by atoms with Crippen molar-refractivity contribution in [1.82, 2.24) is 5.32 Å². The van der Waals surface area contributed by atoms with Crippen LogP contribution in [-0.2, 0) is 9.59 Å². The predicted molar refractivity (Wildman–Crippen MR) is 71.4 cm³/mol. The van der Waals surface area contributed by atoms with Crippen molar-refractivity contribution in [3.63, 3.8) is 0 Å². The van der Waals surface area contributed by atoms with Gasteiger partial charge in [-0.3, -0.25) is 9.59 Å². The molecule has 2 aliphatic rings. The Hall–Kier alpha value is -1.10. The molecule has 4 atom stereocenters. The van der Waals surface area contributed by atoms with Crippen molar-refractivity contribution in [2.45, 2.75) is 51.0 Å². The van der Waals surface area contributed by atoms with Gasteiger partial charge in [0, 0.05) is 12.0 Å². The van der Waals surface area contributed by atoms with E-state index in [2.05, 4.69) is 5.32 Å². The van der Waals surface area contributed by atoms with Gasteiger partial charge in [0.05, 0.1) is 5.92 Å². The van der Waals surface area contributed by atoms with E-state index in [1.54, 1.807) is 0 Å². The molecule has 5 heteroatoms. The third kappa shape index (κ3) is 3.47. The van der Waals surface area contributed by atoms with E-state index in [9.17, 15) is 9.59 Å². The Morgan fingerprint density at radius 1 is 1.16 bits per heavy atom. The number of nitrogens with one attached hydrogen (secondary N) is 1. The van der Waals surface area contributed by atoms with Crippen molar-refractivity contribution >= 4 is 11.9 Å². The Labute approximate surface area is 113 Å². The van der Waals surface area contributed by atoms with Crippen molar-refractivity contribution in [3.8, 4) is 0 Å². The fourth-order valence-electron chi connectivity index (χ4n) is 3.52. The fraction of sp³-hybridized carbons (Fsp3) is 0.857. The van der Waals surface area contributed by atoms with E-state index in [0.717, 1.165) is 38.5 Å². The molecule has 5 nitrogen and oxygen atoms in total. The smallest absolute Gasteiger partial charge is 0.306 e. The largest absolute Gasteiger partial charge is 0.481 e. The first-order valence-electron chi connectivity index (χ1n) is 7.35. The zero-order valence-electron chi connectivity index (χ0n) is 11.3. The van der Waals surface area contributed by atoms with Gasteiger partial charge in [0.1, 0.15) is 0 Å². The molecule has 0 bridgehead atoms. The lowest BCUT2D eigenvalue weighted by atomic mass is 9.85. The van der Waals surface area contributed by atoms with Crippen LogP contribution in [0.1, 0.15) is 44.9 Å². The van der Waals surface area contributed by atoms with E-state index in [1.807, 2.05) is 0 Å². The molecule has 0 aromatic heterocycles. The molecular weight excluding hydrogens is 244 g/mol. The maximum absolute atomic E-state index is 12.2. The van der Waals surface area contributed by atoms with E-state index < -0.39 is 5.97 Å². The van der Waals surface area contributed by atoms with Gasteiger partial charge < -0.3 is 16.2 Å². The maximum atomic E-state index is 12.2. The number of hydrogen-bond acceptors (Lipinski definition) is 3. The molecule has 1 amide bonds. The highest BCUT2D eigenvalue weighted by Crippen LogP contribution is 2.32. The Kier molecular flexibility index (Phi) is 4.80. The second-order valence-electron chi connectivity index (χ2n) is 5.94. The molecule has 4 unspecified atom stereocenters. The highest BCUT2D eigenvalue weighted by Gasteiger charge is 2.34. The molecule has 2 saturated carbocycles. The Morgan fingerprint density at radius 2 is 1.89 bits per heavy atom. The Morgan fingerprint density at radius 3 is 2.58 bits per heavy atom. The summed E-state index contributed by atoms with van der Waals surface area (Å²) in [6.07, 6.45) is 6.11. The zero-order chi connectivity index (χ0) is 13.8. The molecule has 0 aliphatic heterocycles. The number of carbonyl (C=O) groups is 2. The molecular formula is C14H24N2O3. The number of carbonyl (C=O) groups excluding carboxylic acids is 1. The summed E-state index contributed by atoms with van der Waals surface area (Å²) in [4.78, 5) is 23.3. The summed E-state index contributed by atoms with van der Waals surface area (Å²) in [6.45, 7) is 0.570. The minimum atomic E-state index is -0.736. The lowest BCUT2D eigenvalue weighted by molar-refractivity contribution is -0.143. The van der Waals surface area contributed by atoms with Gasteiger partial charge in [-0.05, 0) is 44.6 Å². The van der Waals surface area contributed by atoms with E-state index in [-0.39, 0.29) is 23.8 Å². The molecule has 0 saturated heterocycles. The predicted octanol–water partition coefficient (Wildman–Crippen LogP) is 1.12. The zero-order valence-corrected chi connectivity index (χ0v) is 11.3. The molecule has 0 aromatic carbocycles. The van der Waals surface area contributed by atoms with E-state index in [0.29, 0.717) is 18.9 Å². The van der Waals surface area contributed by atoms with Gasteiger partial charge in [0.15, 0.2) is 0 Å². The summed E-state index contributed by atoms with van der Waals surface area (Å²) in [5.41, 5.74) is 5.70. The van der Waals surface area contributed by atoms with Crippen molar-refractivity contribution < 1.29 is 14.7 Å². The van der Waals surface area contributed by atoms with E-state index >= 15 is 0 Å². The number of carboxylic acid groups (broad SMARTS) is 1. The molecule has 4 N–H and O–H groups in total. The van der Waals surface area contributed by atoms with Crippen LogP contribution in [0.2, 0.25) is 0 Å². The van der Waals surface area contributed by atoms with Crippen LogP contribution in [0.25, 0.3) is 0 Å². The third-order valence-electron chi connectivity index (χ3n) is 4.67. The average Bonchev–Trinajstić information content (AvgIpc) is 2.87. The molecule has 0 heterocycles. The molecule has 108 valence electrons. The van der Waals surface area contributed by atoms with Crippen LogP contribution in [0.15, 0.2) is 0 Å². The summed E-state index contributed by atoms with van der Waals surface area (Å²) in [5.74, 6) is -0.606. The first-order valence-corrected chi connectivity index (χ1v) is 7.35. The normalized spacial score (nSPS) is 35.0. The standard InChI is InChI=1S/C14H24N2O3/c15-8-10-4-2-6-12(10)13(17)16-11-5-1-3-9(7-11)14(18)19/h9-12H,1-8,15H2,(H,16,17)(H,18,19). The van der Waals surface area contributed by atoms with Gasteiger partial charge in [0.25, 0.3) is 0 Å². The number of rotatable bonds is 4. The van der Waals surface area contributed by atoms with Gasteiger partial charge in [-0.25, -0.2) is 0 Å². The maximum Gasteiger partial charge on any atom is 0.306 e. The van der Waals surface area contributed by atoms with Crippen molar-refractivity contribution in [3.05, 3.63) is 0 Å². The lowest BCUT2D eigenvalue weighted by Gasteiger charge is -2.29. The van der Waals surface area contributed by atoms with Gasteiger partial charge in [-0.2, -0.15) is 0 Å². The number of nitrogens with two attached hydrogens (primary N) is 1. The van der Waals surface area contributed by atoms with Gasteiger partial charge in [0.2, 0.25) is 5.91 Å². The average molecular weight is 268 g/mol. The second kappa shape index (κ2) is 6.37. The molecule has 0 spiro atoms. The lowest BCUT2D eigenvalue weighted by Crippen LogP contribution is -2.44. The number of carboxylic acids is 1. The van der Waals surface area contributed by atoms with Crippen LogP contribution in [0, 0.1) is 17.8 Å². The van der Waals surface area contributed by atoms with Crippen LogP contribution in [0.5, 0.6) is 0 Å². The molecule has 2 fully saturated rings. The third-order valence-corrected chi connectivity index (χ3v) is 4.67. The van der Waals surface area contributed by atoms with Gasteiger partial charge in [-0.1, -0.05) is 12.8 Å². The SMILES string of the molecule is NCC1CCCC1C(=O)NC1CCCC(C(=O)O)C1. The van der Waals surface area contributed by atoms with Crippen LogP contribution in [-0.4, -0.2) is 29.6 Å².